The van der Waals surface area contributed by atoms with Gasteiger partial charge in [0.05, 0.1) is 18.8 Å². The molecule has 0 radical (unpaired) electrons. The maximum absolute atomic E-state index is 12.0. The van der Waals surface area contributed by atoms with E-state index in [4.69, 9.17) is 0 Å². The fourth-order valence-corrected chi connectivity index (χ4v) is 3.17. The molecule has 1 aromatic carbocycles. The van der Waals surface area contributed by atoms with Gasteiger partial charge in [-0.1, -0.05) is 30.3 Å². The molecular formula is C23H24N6O. The normalized spacial score (nSPS) is 12.0. The SMILES string of the molecule is Cc1nc(-c2ccc(NC(C)c3cnn(Cc4ccccc4)c3)nc2)[nH]c(=O)c1C. The molecule has 7 heteroatoms. The largest absolute Gasteiger partial charge is 0.363 e. The first-order chi connectivity index (χ1) is 14.5. The summed E-state index contributed by atoms with van der Waals surface area (Å²) in [6.45, 7) is 6.40. The summed E-state index contributed by atoms with van der Waals surface area (Å²) in [5.74, 6) is 1.27. The first-order valence-electron chi connectivity index (χ1n) is 9.86. The quantitative estimate of drug-likeness (QED) is 0.513. The molecule has 3 aromatic heterocycles. The summed E-state index contributed by atoms with van der Waals surface area (Å²) in [5, 5.41) is 7.85. The van der Waals surface area contributed by atoms with Crippen LogP contribution in [0.15, 0.2) is 65.8 Å². The summed E-state index contributed by atoms with van der Waals surface area (Å²) in [7, 11) is 0. The first kappa shape index (κ1) is 19.6. The molecule has 1 unspecified atom stereocenters. The van der Waals surface area contributed by atoms with Crippen molar-refractivity contribution in [2.45, 2.75) is 33.4 Å². The van der Waals surface area contributed by atoms with Crippen molar-refractivity contribution in [3.8, 4) is 11.4 Å². The van der Waals surface area contributed by atoms with Crippen LogP contribution in [0, 0.1) is 13.8 Å². The standard InChI is InChI=1S/C23H24N6O/c1-15-16(2)27-22(28-23(15)30)19-9-10-21(24-11-19)26-17(3)20-12-25-29(14-20)13-18-7-5-4-6-8-18/h4-12,14,17H,13H2,1-3H3,(H,24,26)(H,27,28,30). The zero-order valence-corrected chi connectivity index (χ0v) is 17.3. The molecule has 0 saturated carbocycles. The van der Waals surface area contributed by atoms with E-state index in [1.54, 1.807) is 13.1 Å². The Kier molecular flexibility index (Phi) is 5.43. The Balaban J connectivity index is 1.44. The Morgan fingerprint density at radius 1 is 1.10 bits per heavy atom. The minimum atomic E-state index is -0.124. The van der Waals surface area contributed by atoms with Crippen LogP contribution in [0.25, 0.3) is 11.4 Å². The van der Waals surface area contributed by atoms with Gasteiger partial charge in [0.15, 0.2) is 0 Å². The molecule has 4 aromatic rings. The topological polar surface area (TPSA) is 88.5 Å². The second-order valence-electron chi connectivity index (χ2n) is 7.38. The average molecular weight is 400 g/mol. The van der Waals surface area contributed by atoms with Crippen molar-refractivity contribution in [2.75, 3.05) is 5.32 Å². The molecule has 2 N–H and O–H groups in total. The summed E-state index contributed by atoms with van der Waals surface area (Å²) < 4.78 is 1.93. The molecule has 0 saturated heterocycles. The van der Waals surface area contributed by atoms with Crippen molar-refractivity contribution in [3.63, 3.8) is 0 Å². The monoisotopic (exact) mass is 400 g/mol. The predicted octanol–water partition coefficient (Wildman–Crippen LogP) is 3.87. The molecule has 7 nitrogen and oxygen atoms in total. The molecular weight excluding hydrogens is 376 g/mol. The average Bonchev–Trinajstić information content (AvgIpc) is 3.21. The fourth-order valence-electron chi connectivity index (χ4n) is 3.17. The van der Waals surface area contributed by atoms with E-state index in [1.807, 2.05) is 54.3 Å². The fraction of sp³-hybridized carbons (Fsp3) is 0.217. The van der Waals surface area contributed by atoms with E-state index in [9.17, 15) is 4.79 Å². The van der Waals surface area contributed by atoms with Crippen LogP contribution in [-0.4, -0.2) is 24.7 Å². The van der Waals surface area contributed by atoms with Crippen LogP contribution < -0.4 is 10.9 Å². The van der Waals surface area contributed by atoms with Crippen LogP contribution in [0.3, 0.4) is 0 Å². The van der Waals surface area contributed by atoms with Crippen LogP contribution in [-0.2, 0) is 6.54 Å². The number of aromatic nitrogens is 5. The van der Waals surface area contributed by atoms with Gasteiger partial charge in [-0.25, -0.2) is 9.97 Å². The van der Waals surface area contributed by atoms with Gasteiger partial charge in [0.25, 0.3) is 5.56 Å². The maximum Gasteiger partial charge on any atom is 0.254 e. The molecule has 4 rings (SSSR count). The number of nitrogens with one attached hydrogen (secondary N) is 2. The van der Waals surface area contributed by atoms with Gasteiger partial charge in [0.2, 0.25) is 0 Å². The van der Waals surface area contributed by atoms with Crippen molar-refractivity contribution in [1.82, 2.24) is 24.7 Å². The van der Waals surface area contributed by atoms with Gasteiger partial charge in [0.1, 0.15) is 11.6 Å². The Morgan fingerprint density at radius 2 is 1.90 bits per heavy atom. The lowest BCUT2D eigenvalue weighted by atomic mass is 10.2. The molecule has 0 spiro atoms. The highest BCUT2D eigenvalue weighted by molar-refractivity contribution is 5.56. The second-order valence-corrected chi connectivity index (χ2v) is 7.38. The number of pyridine rings is 1. The zero-order chi connectivity index (χ0) is 21.1. The van der Waals surface area contributed by atoms with Crippen molar-refractivity contribution >= 4 is 5.82 Å². The van der Waals surface area contributed by atoms with E-state index in [2.05, 4.69) is 44.4 Å². The van der Waals surface area contributed by atoms with Crippen molar-refractivity contribution in [2.24, 2.45) is 0 Å². The molecule has 152 valence electrons. The van der Waals surface area contributed by atoms with Gasteiger partial charge < -0.3 is 10.3 Å². The number of rotatable bonds is 6. The van der Waals surface area contributed by atoms with E-state index < -0.39 is 0 Å². The zero-order valence-electron chi connectivity index (χ0n) is 17.3. The van der Waals surface area contributed by atoms with E-state index in [0.717, 1.165) is 29.2 Å². The Labute approximate surface area is 174 Å². The summed E-state index contributed by atoms with van der Waals surface area (Å²) >= 11 is 0. The summed E-state index contributed by atoms with van der Waals surface area (Å²) in [4.78, 5) is 23.7. The third-order valence-corrected chi connectivity index (χ3v) is 5.14. The predicted molar refractivity (Wildman–Crippen MR) is 117 cm³/mol. The van der Waals surface area contributed by atoms with Gasteiger partial charge in [-0.3, -0.25) is 9.48 Å². The smallest absolute Gasteiger partial charge is 0.254 e. The third-order valence-electron chi connectivity index (χ3n) is 5.14. The van der Waals surface area contributed by atoms with E-state index in [1.165, 1.54) is 5.56 Å². The van der Waals surface area contributed by atoms with Gasteiger partial charge in [-0.05, 0) is 38.5 Å². The summed E-state index contributed by atoms with van der Waals surface area (Å²) in [6, 6.07) is 14.1. The van der Waals surface area contributed by atoms with Gasteiger partial charge in [-0.15, -0.1) is 0 Å². The minimum Gasteiger partial charge on any atom is -0.363 e. The molecule has 3 heterocycles. The third kappa shape index (κ3) is 4.30. The maximum atomic E-state index is 12.0. The summed E-state index contributed by atoms with van der Waals surface area (Å²) in [6.07, 6.45) is 5.63. The highest BCUT2D eigenvalue weighted by atomic mass is 16.1. The van der Waals surface area contributed by atoms with Crippen molar-refractivity contribution in [1.29, 1.82) is 0 Å². The molecule has 0 aliphatic rings. The van der Waals surface area contributed by atoms with Crippen LogP contribution in [0.4, 0.5) is 5.82 Å². The van der Waals surface area contributed by atoms with E-state index in [-0.39, 0.29) is 11.6 Å². The Bertz CT molecular complexity index is 1190. The minimum absolute atomic E-state index is 0.0485. The van der Waals surface area contributed by atoms with Gasteiger partial charge in [0, 0.05) is 34.8 Å². The number of hydrogen-bond donors (Lipinski definition) is 2. The lowest BCUT2D eigenvalue weighted by molar-refractivity contribution is 0.685. The Morgan fingerprint density at radius 3 is 2.60 bits per heavy atom. The van der Waals surface area contributed by atoms with Gasteiger partial charge in [-0.2, -0.15) is 5.10 Å². The van der Waals surface area contributed by atoms with E-state index >= 15 is 0 Å². The number of anilines is 1. The molecule has 30 heavy (non-hydrogen) atoms. The second kappa shape index (κ2) is 8.32. The molecule has 1 atom stereocenters. The number of aromatic amines is 1. The highest BCUT2D eigenvalue weighted by Crippen LogP contribution is 2.20. The van der Waals surface area contributed by atoms with Crippen LogP contribution >= 0.6 is 0 Å². The number of H-pyrrole nitrogens is 1. The number of benzene rings is 1. The van der Waals surface area contributed by atoms with Crippen molar-refractivity contribution in [3.05, 3.63) is 93.8 Å². The lowest BCUT2D eigenvalue weighted by Crippen LogP contribution is -2.14. The highest BCUT2D eigenvalue weighted by Gasteiger charge is 2.11. The molecule has 0 fully saturated rings. The number of hydrogen-bond acceptors (Lipinski definition) is 5. The summed E-state index contributed by atoms with van der Waals surface area (Å²) in [5.41, 5.74) is 4.29. The van der Waals surface area contributed by atoms with Crippen LogP contribution in [0.2, 0.25) is 0 Å². The molecule has 0 aliphatic carbocycles. The van der Waals surface area contributed by atoms with Crippen LogP contribution in [0.1, 0.15) is 35.3 Å². The van der Waals surface area contributed by atoms with E-state index in [0.29, 0.717) is 11.4 Å². The first-order valence-corrected chi connectivity index (χ1v) is 9.86. The number of aryl methyl sites for hydroxylation is 1. The molecule has 0 bridgehead atoms. The van der Waals surface area contributed by atoms with Gasteiger partial charge >= 0.3 is 0 Å². The Hall–Kier alpha value is -3.74. The molecule has 0 amide bonds. The van der Waals surface area contributed by atoms with Crippen LogP contribution in [0.5, 0.6) is 0 Å². The van der Waals surface area contributed by atoms with Crippen molar-refractivity contribution < 1.29 is 0 Å². The lowest BCUT2D eigenvalue weighted by Gasteiger charge is -2.13. The molecule has 0 aliphatic heterocycles. The number of nitrogens with zero attached hydrogens (tertiary/aromatic N) is 4.